The number of carbonyl (C=O) groups is 1. The summed E-state index contributed by atoms with van der Waals surface area (Å²) in [5.74, 6) is -0.0937. The molecule has 0 aliphatic heterocycles. The highest BCUT2D eigenvalue weighted by molar-refractivity contribution is 8.00. The molecular weight excluding hydrogens is 426 g/mol. The van der Waals surface area contributed by atoms with Gasteiger partial charge in [0.1, 0.15) is 4.83 Å². The molecule has 0 saturated heterocycles. The first kappa shape index (κ1) is 21.3. The van der Waals surface area contributed by atoms with E-state index in [9.17, 15) is 9.59 Å². The Balaban J connectivity index is 1.60. The maximum absolute atomic E-state index is 12.9. The first-order valence-corrected chi connectivity index (χ1v) is 11.8. The van der Waals surface area contributed by atoms with Gasteiger partial charge in [0.2, 0.25) is 5.91 Å². The molecule has 0 radical (unpaired) electrons. The fourth-order valence-electron chi connectivity index (χ4n) is 3.49. The maximum Gasteiger partial charge on any atom is 0.260 e. The number of hydrogen-bond donors (Lipinski definition) is 2. The Morgan fingerprint density at radius 3 is 2.52 bits per heavy atom. The molecule has 158 valence electrons. The number of aromatic nitrogens is 2. The second-order valence-corrected chi connectivity index (χ2v) is 9.39. The summed E-state index contributed by atoms with van der Waals surface area (Å²) in [6.45, 7) is 5.91. The van der Waals surface area contributed by atoms with E-state index in [0.717, 1.165) is 27.9 Å². The molecule has 2 aromatic heterocycles. The molecule has 0 fully saturated rings. The Morgan fingerprint density at radius 2 is 1.84 bits per heavy atom. The highest BCUT2D eigenvalue weighted by Gasteiger charge is 2.22. The van der Waals surface area contributed by atoms with Crippen molar-refractivity contribution < 1.29 is 4.79 Å². The summed E-state index contributed by atoms with van der Waals surface area (Å²) >= 11 is 2.73. The average molecular weight is 450 g/mol. The van der Waals surface area contributed by atoms with Crippen LogP contribution in [0.15, 0.2) is 63.9 Å². The summed E-state index contributed by atoms with van der Waals surface area (Å²) in [5, 5.41) is 5.69. The largest absolute Gasteiger partial charge is 0.325 e. The summed E-state index contributed by atoms with van der Waals surface area (Å²) in [7, 11) is 0. The first-order valence-electron chi connectivity index (χ1n) is 10.1. The van der Waals surface area contributed by atoms with Crippen LogP contribution in [-0.4, -0.2) is 21.1 Å². The van der Waals surface area contributed by atoms with Gasteiger partial charge in [0.25, 0.3) is 5.56 Å². The van der Waals surface area contributed by atoms with E-state index in [1.54, 1.807) is 0 Å². The van der Waals surface area contributed by atoms with E-state index in [1.807, 2.05) is 74.7 Å². The lowest BCUT2D eigenvalue weighted by Crippen LogP contribution is -2.26. The van der Waals surface area contributed by atoms with E-state index in [2.05, 4.69) is 15.3 Å². The van der Waals surface area contributed by atoms with E-state index in [0.29, 0.717) is 21.8 Å². The molecule has 4 rings (SSSR count). The number of nitrogens with zero attached hydrogens (tertiary/aromatic N) is 1. The van der Waals surface area contributed by atoms with Crippen LogP contribution in [0.1, 0.15) is 24.5 Å². The van der Waals surface area contributed by atoms with Crippen LogP contribution in [0.5, 0.6) is 0 Å². The third-order valence-electron chi connectivity index (χ3n) is 5.15. The number of H-pyrrole nitrogens is 1. The van der Waals surface area contributed by atoms with Crippen LogP contribution < -0.4 is 10.9 Å². The molecule has 0 spiro atoms. The fourth-order valence-corrected chi connectivity index (χ4v) is 5.39. The minimum absolute atomic E-state index is 0.0937. The van der Waals surface area contributed by atoms with Crippen LogP contribution >= 0.6 is 23.1 Å². The Labute approximate surface area is 188 Å². The van der Waals surface area contributed by atoms with Gasteiger partial charge in [-0.25, -0.2) is 4.98 Å². The van der Waals surface area contributed by atoms with Gasteiger partial charge in [-0.3, -0.25) is 9.59 Å². The molecule has 0 aliphatic carbocycles. The molecule has 2 N–H and O–H groups in total. The summed E-state index contributed by atoms with van der Waals surface area (Å²) in [4.78, 5) is 34.0. The van der Waals surface area contributed by atoms with Crippen molar-refractivity contribution >= 4 is 44.9 Å². The Morgan fingerprint density at radius 1 is 1.13 bits per heavy atom. The normalized spacial score (nSPS) is 12.1. The quantitative estimate of drug-likeness (QED) is 0.289. The molecular formula is C24H23N3O2S2. The van der Waals surface area contributed by atoms with Gasteiger partial charge in [-0.15, -0.1) is 11.3 Å². The van der Waals surface area contributed by atoms with Gasteiger partial charge < -0.3 is 10.3 Å². The Bertz CT molecular complexity index is 1280. The zero-order valence-corrected chi connectivity index (χ0v) is 19.2. The lowest BCUT2D eigenvalue weighted by atomic mass is 10.1. The molecule has 4 aromatic rings. The zero-order valence-electron chi connectivity index (χ0n) is 17.6. The second kappa shape index (κ2) is 9.08. The van der Waals surface area contributed by atoms with Crippen LogP contribution in [0.2, 0.25) is 0 Å². The smallest absolute Gasteiger partial charge is 0.260 e. The number of nitrogens with one attached hydrogen (secondary N) is 2. The van der Waals surface area contributed by atoms with Crippen molar-refractivity contribution in [3.63, 3.8) is 0 Å². The number of thiophene rings is 1. The molecule has 31 heavy (non-hydrogen) atoms. The number of fused-ring (bicyclic) bond motifs is 1. The van der Waals surface area contributed by atoms with Gasteiger partial charge >= 0.3 is 0 Å². The number of benzene rings is 2. The van der Waals surface area contributed by atoms with Crippen molar-refractivity contribution in [2.24, 2.45) is 0 Å². The summed E-state index contributed by atoms with van der Waals surface area (Å²) in [6, 6.07) is 15.7. The van der Waals surface area contributed by atoms with E-state index in [-0.39, 0.29) is 16.7 Å². The predicted octanol–water partition coefficient (Wildman–Crippen LogP) is 5.78. The first-order chi connectivity index (χ1) is 15.0. The molecule has 0 aliphatic rings. The molecule has 0 bridgehead atoms. The summed E-state index contributed by atoms with van der Waals surface area (Å²) in [6.07, 6.45) is 0.614. The van der Waals surface area contributed by atoms with Crippen LogP contribution in [-0.2, 0) is 4.79 Å². The van der Waals surface area contributed by atoms with Crippen molar-refractivity contribution in [3.8, 4) is 11.1 Å². The number of para-hydroxylation sites is 1. The molecule has 1 atom stereocenters. The van der Waals surface area contributed by atoms with Gasteiger partial charge in [-0.2, -0.15) is 0 Å². The van der Waals surface area contributed by atoms with Crippen molar-refractivity contribution in [1.29, 1.82) is 0 Å². The predicted molar refractivity (Wildman–Crippen MR) is 130 cm³/mol. The lowest BCUT2D eigenvalue weighted by molar-refractivity contribution is -0.115. The molecule has 7 heteroatoms. The SMILES string of the molecule is CCC(Sc1nc2scc(-c3ccccc3)c2c(=O)[nH]1)C(=O)Nc1c(C)cccc1C. The number of aromatic amines is 1. The third-order valence-corrected chi connectivity index (χ3v) is 7.27. The van der Waals surface area contributed by atoms with Gasteiger partial charge in [0.05, 0.1) is 10.6 Å². The minimum Gasteiger partial charge on any atom is -0.325 e. The van der Waals surface area contributed by atoms with E-state index < -0.39 is 0 Å². The number of hydrogen-bond acceptors (Lipinski definition) is 5. The highest BCUT2D eigenvalue weighted by atomic mass is 32.2. The maximum atomic E-state index is 12.9. The highest BCUT2D eigenvalue weighted by Crippen LogP contribution is 2.32. The van der Waals surface area contributed by atoms with Gasteiger partial charge in [0, 0.05) is 16.6 Å². The minimum atomic E-state index is -0.367. The molecule has 2 aromatic carbocycles. The monoisotopic (exact) mass is 449 g/mol. The van der Waals surface area contributed by atoms with Crippen LogP contribution in [0.3, 0.4) is 0 Å². The number of amides is 1. The fraction of sp³-hybridized carbons (Fsp3) is 0.208. The average Bonchev–Trinajstić information content (AvgIpc) is 3.20. The van der Waals surface area contributed by atoms with Crippen LogP contribution in [0.25, 0.3) is 21.3 Å². The zero-order chi connectivity index (χ0) is 22.0. The van der Waals surface area contributed by atoms with Gasteiger partial charge in [0.15, 0.2) is 5.16 Å². The van der Waals surface area contributed by atoms with Crippen molar-refractivity contribution in [3.05, 3.63) is 75.4 Å². The van der Waals surface area contributed by atoms with E-state index >= 15 is 0 Å². The van der Waals surface area contributed by atoms with E-state index in [4.69, 9.17) is 0 Å². The number of thioether (sulfide) groups is 1. The van der Waals surface area contributed by atoms with Gasteiger partial charge in [-0.05, 0) is 37.0 Å². The van der Waals surface area contributed by atoms with Gasteiger partial charge in [-0.1, -0.05) is 67.2 Å². The molecule has 2 heterocycles. The molecule has 1 unspecified atom stereocenters. The lowest BCUT2D eigenvalue weighted by Gasteiger charge is -2.16. The number of carbonyl (C=O) groups excluding carboxylic acids is 1. The Hall–Kier alpha value is -2.90. The summed E-state index contributed by atoms with van der Waals surface area (Å²) in [5.41, 5.74) is 4.57. The van der Waals surface area contributed by atoms with E-state index in [1.165, 1.54) is 23.1 Å². The third kappa shape index (κ3) is 4.43. The van der Waals surface area contributed by atoms with Crippen molar-refractivity contribution in [1.82, 2.24) is 9.97 Å². The van der Waals surface area contributed by atoms with Crippen LogP contribution in [0.4, 0.5) is 5.69 Å². The number of aryl methyl sites for hydroxylation is 2. The van der Waals surface area contributed by atoms with Crippen LogP contribution in [0, 0.1) is 13.8 Å². The molecule has 0 saturated carbocycles. The summed E-state index contributed by atoms with van der Waals surface area (Å²) < 4.78 is 0. The topological polar surface area (TPSA) is 74.8 Å². The molecule has 1 amide bonds. The molecule has 5 nitrogen and oxygen atoms in total. The van der Waals surface area contributed by atoms with Crippen molar-refractivity contribution in [2.75, 3.05) is 5.32 Å². The number of anilines is 1. The number of rotatable bonds is 6. The second-order valence-electron chi connectivity index (χ2n) is 7.34. The Kier molecular flexibility index (Phi) is 6.25. The van der Waals surface area contributed by atoms with Crippen molar-refractivity contribution in [2.45, 2.75) is 37.6 Å². The standard InChI is InChI=1S/C24H23N3O2S2/c1-4-18(21(28)25-20-14(2)9-8-10-15(20)3)31-24-26-22(29)19-17(13-30-23(19)27-24)16-11-6-5-7-12-16/h5-13,18H,4H2,1-3H3,(H,25,28)(H,26,27,29).